The number of nitrogens with zero attached hydrogens (tertiary/aromatic N) is 2. The third kappa shape index (κ3) is 2.82. The van der Waals surface area contributed by atoms with E-state index in [2.05, 4.69) is 17.0 Å². The Balaban J connectivity index is 2.13. The van der Waals surface area contributed by atoms with E-state index in [1.807, 2.05) is 26.1 Å². The number of carbonyl (C=O) groups excluding carboxylic acids is 1. The summed E-state index contributed by atoms with van der Waals surface area (Å²) in [6.07, 6.45) is 1.01. The van der Waals surface area contributed by atoms with Crippen LogP contribution in [-0.4, -0.2) is 37.5 Å². The molecule has 1 aromatic carbocycles. The highest BCUT2D eigenvalue weighted by atomic mass is 16.2. The maximum atomic E-state index is 11.8. The number of benzene rings is 1. The van der Waals surface area contributed by atoms with E-state index < -0.39 is 0 Å². The monoisotopic (exact) mass is 247 g/mol. The van der Waals surface area contributed by atoms with Crippen LogP contribution in [0.3, 0.4) is 0 Å². The Bertz CT molecular complexity index is 414. The van der Waals surface area contributed by atoms with Gasteiger partial charge in [-0.15, -0.1) is 0 Å². The number of nitrogens with two attached hydrogens (primary N) is 1. The molecule has 0 aliphatic carbocycles. The van der Waals surface area contributed by atoms with Gasteiger partial charge in [-0.3, -0.25) is 4.79 Å². The lowest BCUT2D eigenvalue weighted by Crippen LogP contribution is -2.34. The van der Waals surface area contributed by atoms with Crippen molar-refractivity contribution in [2.45, 2.75) is 19.4 Å². The normalized spacial score (nSPS) is 18.7. The molecule has 0 radical (unpaired) electrons. The van der Waals surface area contributed by atoms with E-state index in [4.69, 9.17) is 5.73 Å². The number of carbonyl (C=O) groups is 1. The fourth-order valence-corrected chi connectivity index (χ4v) is 2.20. The molecule has 0 saturated carbocycles. The minimum Gasteiger partial charge on any atom is -0.362 e. The van der Waals surface area contributed by atoms with E-state index in [9.17, 15) is 4.79 Å². The van der Waals surface area contributed by atoms with Crippen molar-refractivity contribution in [2.75, 3.05) is 31.6 Å². The van der Waals surface area contributed by atoms with Crippen LogP contribution in [-0.2, 0) is 4.79 Å². The van der Waals surface area contributed by atoms with Gasteiger partial charge in [0.05, 0.1) is 6.54 Å². The maximum Gasteiger partial charge on any atom is 0.241 e. The molecular weight excluding hydrogens is 226 g/mol. The zero-order valence-electron chi connectivity index (χ0n) is 11.1. The summed E-state index contributed by atoms with van der Waals surface area (Å²) in [6.45, 7) is 4.20. The van der Waals surface area contributed by atoms with E-state index in [0.717, 1.165) is 30.8 Å². The van der Waals surface area contributed by atoms with E-state index in [-0.39, 0.29) is 11.9 Å². The molecule has 0 spiro atoms. The van der Waals surface area contributed by atoms with Gasteiger partial charge in [0.2, 0.25) is 5.91 Å². The van der Waals surface area contributed by atoms with Gasteiger partial charge in [-0.25, -0.2) is 0 Å². The van der Waals surface area contributed by atoms with Gasteiger partial charge in [0.1, 0.15) is 0 Å². The average molecular weight is 247 g/mol. The number of hydrogen-bond acceptors (Lipinski definition) is 3. The molecule has 1 aliphatic rings. The minimum absolute atomic E-state index is 0.0518. The van der Waals surface area contributed by atoms with E-state index in [1.54, 1.807) is 4.90 Å². The second-order valence-corrected chi connectivity index (χ2v) is 4.97. The Morgan fingerprint density at radius 1 is 1.22 bits per heavy atom. The molecule has 98 valence electrons. The second-order valence-electron chi connectivity index (χ2n) is 4.97. The first-order valence-electron chi connectivity index (χ1n) is 6.42. The molecule has 1 atom stereocenters. The zero-order valence-corrected chi connectivity index (χ0v) is 11.1. The summed E-state index contributed by atoms with van der Waals surface area (Å²) in [5, 5.41) is 0. The SMILES string of the molecule is C[C@@H](N)c1ccc(N2CCCN(C)C(=O)C2)cc1. The van der Waals surface area contributed by atoms with Crippen molar-refractivity contribution < 1.29 is 4.79 Å². The van der Waals surface area contributed by atoms with Gasteiger partial charge in [-0.05, 0) is 31.0 Å². The largest absolute Gasteiger partial charge is 0.362 e. The summed E-state index contributed by atoms with van der Waals surface area (Å²) < 4.78 is 0. The molecule has 4 nitrogen and oxygen atoms in total. The first-order valence-corrected chi connectivity index (χ1v) is 6.42. The molecule has 1 heterocycles. The molecule has 2 rings (SSSR count). The molecule has 0 bridgehead atoms. The predicted molar refractivity (Wildman–Crippen MR) is 73.5 cm³/mol. The van der Waals surface area contributed by atoms with Crippen molar-refractivity contribution in [3.63, 3.8) is 0 Å². The van der Waals surface area contributed by atoms with Gasteiger partial charge in [0.25, 0.3) is 0 Å². The summed E-state index contributed by atoms with van der Waals surface area (Å²) in [6, 6.07) is 8.24. The lowest BCUT2D eigenvalue weighted by Gasteiger charge is -2.22. The summed E-state index contributed by atoms with van der Waals surface area (Å²) in [5.74, 6) is 0.184. The molecule has 18 heavy (non-hydrogen) atoms. The molecule has 1 fully saturated rings. The lowest BCUT2D eigenvalue weighted by atomic mass is 10.1. The van der Waals surface area contributed by atoms with Gasteiger partial charge < -0.3 is 15.5 Å². The van der Waals surface area contributed by atoms with Gasteiger partial charge in [-0.1, -0.05) is 12.1 Å². The fourth-order valence-electron chi connectivity index (χ4n) is 2.20. The molecular formula is C14H21N3O. The third-order valence-corrected chi connectivity index (χ3v) is 3.46. The molecule has 1 aromatic rings. The Morgan fingerprint density at radius 3 is 2.50 bits per heavy atom. The quantitative estimate of drug-likeness (QED) is 0.859. The van der Waals surface area contributed by atoms with Crippen molar-refractivity contribution >= 4 is 11.6 Å². The maximum absolute atomic E-state index is 11.8. The van der Waals surface area contributed by atoms with Crippen LogP contribution in [0.5, 0.6) is 0 Å². The summed E-state index contributed by atoms with van der Waals surface area (Å²) in [4.78, 5) is 15.8. The first-order chi connectivity index (χ1) is 8.58. The lowest BCUT2D eigenvalue weighted by molar-refractivity contribution is -0.127. The van der Waals surface area contributed by atoms with Gasteiger partial charge in [0, 0.05) is 31.9 Å². The van der Waals surface area contributed by atoms with Crippen LogP contribution in [0.25, 0.3) is 0 Å². The van der Waals surface area contributed by atoms with Gasteiger partial charge in [0.15, 0.2) is 0 Å². The van der Waals surface area contributed by atoms with E-state index in [1.165, 1.54) is 0 Å². The van der Waals surface area contributed by atoms with Crippen molar-refractivity contribution in [2.24, 2.45) is 5.73 Å². The van der Waals surface area contributed by atoms with E-state index in [0.29, 0.717) is 6.54 Å². The van der Waals surface area contributed by atoms with Crippen LogP contribution in [0.1, 0.15) is 24.9 Å². The number of amides is 1. The predicted octanol–water partition coefficient (Wildman–Crippen LogP) is 1.37. The zero-order chi connectivity index (χ0) is 13.1. The van der Waals surface area contributed by atoms with Crippen LogP contribution < -0.4 is 10.6 Å². The Morgan fingerprint density at radius 2 is 1.89 bits per heavy atom. The highest BCUT2D eigenvalue weighted by molar-refractivity contribution is 5.81. The second kappa shape index (κ2) is 5.40. The third-order valence-electron chi connectivity index (χ3n) is 3.46. The number of likely N-dealkylation sites (N-methyl/N-ethyl adjacent to an activating group) is 1. The van der Waals surface area contributed by atoms with Crippen molar-refractivity contribution in [1.29, 1.82) is 0 Å². The summed E-state index contributed by atoms with van der Waals surface area (Å²) in [7, 11) is 1.87. The molecule has 4 heteroatoms. The highest BCUT2D eigenvalue weighted by Gasteiger charge is 2.18. The van der Waals surface area contributed by atoms with Crippen LogP contribution in [0.15, 0.2) is 24.3 Å². The Hall–Kier alpha value is -1.55. The smallest absolute Gasteiger partial charge is 0.241 e. The van der Waals surface area contributed by atoms with Crippen molar-refractivity contribution in [3.05, 3.63) is 29.8 Å². The van der Waals surface area contributed by atoms with Crippen molar-refractivity contribution in [3.8, 4) is 0 Å². The van der Waals surface area contributed by atoms with Crippen LogP contribution >= 0.6 is 0 Å². The average Bonchev–Trinajstić information content (AvgIpc) is 2.52. The number of rotatable bonds is 2. The molecule has 1 aliphatic heterocycles. The van der Waals surface area contributed by atoms with Crippen LogP contribution in [0.2, 0.25) is 0 Å². The highest BCUT2D eigenvalue weighted by Crippen LogP contribution is 2.19. The van der Waals surface area contributed by atoms with Crippen LogP contribution in [0, 0.1) is 0 Å². The topological polar surface area (TPSA) is 49.6 Å². The summed E-state index contributed by atoms with van der Waals surface area (Å²) >= 11 is 0. The molecule has 0 aromatic heterocycles. The fraction of sp³-hybridized carbons (Fsp3) is 0.500. The molecule has 1 saturated heterocycles. The molecule has 2 N–H and O–H groups in total. The van der Waals surface area contributed by atoms with Crippen molar-refractivity contribution in [1.82, 2.24) is 4.90 Å². The van der Waals surface area contributed by atoms with Crippen LogP contribution in [0.4, 0.5) is 5.69 Å². The Kier molecular flexibility index (Phi) is 3.87. The molecule has 0 unspecified atom stereocenters. The summed E-state index contributed by atoms with van der Waals surface area (Å²) in [5.41, 5.74) is 8.06. The molecule has 1 amide bonds. The van der Waals surface area contributed by atoms with Gasteiger partial charge in [-0.2, -0.15) is 0 Å². The van der Waals surface area contributed by atoms with Gasteiger partial charge >= 0.3 is 0 Å². The first kappa shape index (κ1) is 12.9. The number of anilines is 1. The Labute approximate surface area is 108 Å². The van der Waals surface area contributed by atoms with E-state index >= 15 is 0 Å². The standard InChI is InChI=1S/C14H21N3O/c1-11(15)12-4-6-13(7-5-12)17-9-3-8-16(2)14(18)10-17/h4-7,11H,3,8-10,15H2,1-2H3/t11-/m1/s1. The number of hydrogen-bond donors (Lipinski definition) is 1. The minimum atomic E-state index is 0.0518.